The van der Waals surface area contributed by atoms with E-state index < -0.39 is 0 Å². The quantitative estimate of drug-likeness (QED) is 0.686. The van der Waals surface area contributed by atoms with Crippen LogP contribution in [0.3, 0.4) is 0 Å². The lowest BCUT2D eigenvalue weighted by atomic mass is 10.1. The largest absolute Gasteiger partial charge is 0.326 e. The predicted molar refractivity (Wildman–Crippen MR) is 98.9 cm³/mol. The topological polar surface area (TPSA) is 41.5 Å². The van der Waals surface area contributed by atoms with Crippen LogP contribution in [0, 0.1) is 0 Å². The second-order valence-electron chi connectivity index (χ2n) is 5.39. The fraction of sp³-hybridized carbons (Fsp3) is 0.0476. The van der Waals surface area contributed by atoms with Gasteiger partial charge in [-0.3, -0.25) is 9.79 Å². The number of aliphatic imine (C=N–C) groups is 1. The molecule has 3 aromatic rings. The molecule has 0 saturated carbocycles. The summed E-state index contributed by atoms with van der Waals surface area (Å²) in [6.07, 6.45) is 2.10. The molecule has 0 aliphatic carbocycles. The van der Waals surface area contributed by atoms with Crippen LogP contribution in [-0.4, -0.2) is 12.1 Å². The molecule has 0 aliphatic heterocycles. The van der Waals surface area contributed by atoms with Crippen molar-refractivity contribution in [2.45, 2.75) is 6.42 Å². The number of rotatable bonds is 5. The first kappa shape index (κ1) is 15.7. The van der Waals surface area contributed by atoms with Crippen molar-refractivity contribution < 1.29 is 4.79 Å². The van der Waals surface area contributed by atoms with Gasteiger partial charge in [0.1, 0.15) is 0 Å². The van der Waals surface area contributed by atoms with Gasteiger partial charge in [-0.25, -0.2) is 0 Å². The van der Waals surface area contributed by atoms with Crippen molar-refractivity contribution >= 4 is 23.5 Å². The van der Waals surface area contributed by atoms with E-state index >= 15 is 0 Å². The molecule has 0 bridgehead atoms. The molecule has 0 spiro atoms. The lowest BCUT2D eigenvalue weighted by molar-refractivity contribution is -0.115. The van der Waals surface area contributed by atoms with Gasteiger partial charge in [0.05, 0.1) is 12.1 Å². The third kappa shape index (κ3) is 4.40. The van der Waals surface area contributed by atoms with E-state index in [4.69, 9.17) is 0 Å². The van der Waals surface area contributed by atoms with Crippen LogP contribution in [-0.2, 0) is 11.2 Å². The smallest absolute Gasteiger partial charge is 0.228 e. The van der Waals surface area contributed by atoms with Crippen molar-refractivity contribution in [3.63, 3.8) is 0 Å². The molecule has 24 heavy (non-hydrogen) atoms. The summed E-state index contributed by atoms with van der Waals surface area (Å²) in [4.78, 5) is 16.8. The third-order valence-electron chi connectivity index (χ3n) is 3.55. The molecule has 3 aromatic carbocycles. The Morgan fingerprint density at radius 2 is 1.46 bits per heavy atom. The van der Waals surface area contributed by atoms with Crippen molar-refractivity contribution in [3.8, 4) is 0 Å². The normalized spacial score (nSPS) is 10.7. The number of hydrogen-bond acceptors (Lipinski definition) is 2. The van der Waals surface area contributed by atoms with Gasteiger partial charge in [-0.1, -0.05) is 66.7 Å². The van der Waals surface area contributed by atoms with Crippen LogP contribution in [0.1, 0.15) is 11.1 Å². The molecule has 0 heterocycles. The Hall–Kier alpha value is -3.20. The van der Waals surface area contributed by atoms with E-state index in [1.54, 1.807) is 0 Å². The first-order valence-electron chi connectivity index (χ1n) is 7.83. The number of hydrogen-bond donors (Lipinski definition) is 1. The molecule has 118 valence electrons. The van der Waals surface area contributed by atoms with Gasteiger partial charge in [0.25, 0.3) is 0 Å². The summed E-state index contributed by atoms with van der Waals surface area (Å²) in [6.45, 7) is 0. The van der Waals surface area contributed by atoms with Crippen LogP contribution < -0.4 is 5.32 Å². The van der Waals surface area contributed by atoms with Gasteiger partial charge < -0.3 is 5.32 Å². The van der Waals surface area contributed by atoms with Gasteiger partial charge in [-0.15, -0.1) is 0 Å². The number of carbonyl (C=O) groups excluding carboxylic acids is 1. The molecule has 0 saturated heterocycles. The monoisotopic (exact) mass is 314 g/mol. The summed E-state index contributed by atoms with van der Waals surface area (Å²) < 4.78 is 0. The highest BCUT2D eigenvalue weighted by atomic mass is 16.1. The summed E-state index contributed by atoms with van der Waals surface area (Å²) in [7, 11) is 0. The van der Waals surface area contributed by atoms with Gasteiger partial charge in [-0.05, 0) is 29.3 Å². The molecule has 0 unspecified atom stereocenters. The number of nitrogens with zero attached hydrogens (tertiary/aromatic N) is 1. The SMILES string of the molecule is O=C(Cc1ccccc1/N=C/c1ccccc1)Nc1ccccc1. The molecule has 0 aliphatic rings. The highest BCUT2D eigenvalue weighted by Gasteiger charge is 2.07. The van der Waals surface area contributed by atoms with Gasteiger partial charge >= 0.3 is 0 Å². The summed E-state index contributed by atoms with van der Waals surface area (Å²) in [5.74, 6) is -0.0523. The second kappa shape index (κ2) is 7.88. The maximum atomic E-state index is 12.2. The first-order valence-corrected chi connectivity index (χ1v) is 7.83. The van der Waals surface area contributed by atoms with Crippen molar-refractivity contribution in [2.24, 2.45) is 4.99 Å². The number of benzene rings is 3. The summed E-state index contributed by atoms with van der Waals surface area (Å²) in [5.41, 5.74) is 3.54. The van der Waals surface area contributed by atoms with E-state index in [0.29, 0.717) is 0 Å². The Morgan fingerprint density at radius 1 is 0.833 bits per heavy atom. The Kier molecular flexibility index (Phi) is 5.15. The highest BCUT2D eigenvalue weighted by Crippen LogP contribution is 2.20. The Morgan fingerprint density at radius 3 is 2.21 bits per heavy atom. The van der Waals surface area contributed by atoms with Crippen molar-refractivity contribution in [2.75, 3.05) is 5.32 Å². The van der Waals surface area contributed by atoms with E-state index in [0.717, 1.165) is 22.5 Å². The summed E-state index contributed by atoms with van der Waals surface area (Å²) >= 11 is 0. The van der Waals surface area contributed by atoms with E-state index in [1.165, 1.54) is 0 Å². The molecule has 0 radical (unpaired) electrons. The van der Waals surface area contributed by atoms with E-state index in [-0.39, 0.29) is 12.3 Å². The van der Waals surface area contributed by atoms with Gasteiger partial charge in [0, 0.05) is 11.9 Å². The zero-order chi connectivity index (χ0) is 16.6. The number of para-hydroxylation sites is 2. The fourth-order valence-corrected chi connectivity index (χ4v) is 2.37. The van der Waals surface area contributed by atoms with E-state index in [1.807, 2.05) is 91.1 Å². The average Bonchev–Trinajstić information content (AvgIpc) is 2.63. The zero-order valence-electron chi connectivity index (χ0n) is 13.2. The first-order chi connectivity index (χ1) is 11.8. The number of carbonyl (C=O) groups is 1. The van der Waals surface area contributed by atoms with Gasteiger partial charge in [0.2, 0.25) is 5.91 Å². The molecule has 0 fully saturated rings. The van der Waals surface area contributed by atoms with Crippen molar-refractivity contribution in [1.82, 2.24) is 0 Å². The van der Waals surface area contributed by atoms with Crippen LogP contribution in [0.5, 0.6) is 0 Å². The molecule has 3 nitrogen and oxygen atoms in total. The molecule has 1 amide bonds. The van der Waals surface area contributed by atoms with Crippen LogP contribution in [0.4, 0.5) is 11.4 Å². The predicted octanol–water partition coefficient (Wildman–Crippen LogP) is 4.62. The minimum atomic E-state index is -0.0523. The molecule has 3 rings (SSSR count). The van der Waals surface area contributed by atoms with Crippen LogP contribution in [0.15, 0.2) is 89.9 Å². The average molecular weight is 314 g/mol. The van der Waals surface area contributed by atoms with E-state index in [2.05, 4.69) is 10.3 Å². The molecule has 0 atom stereocenters. The zero-order valence-corrected chi connectivity index (χ0v) is 13.2. The number of amides is 1. The Bertz CT molecular complexity index is 827. The maximum absolute atomic E-state index is 12.2. The summed E-state index contributed by atoms with van der Waals surface area (Å²) in [6, 6.07) is 27.1. The Labute approximate surface area is 141 Å². The maximum Gasteiger partial charge on any atom is 0.228 e. The van der Waals surface area contributed by atoms with Crippen molar-refractivity contribution in [3.05, 3.63) is 96.1 Å². The van der Waals surface area contributed by atoms with Crippen LogP contribution in [0.2, 0.25) is 0 Å². The van der Waals surface area contributed by atoms with Crippen molar-refractivity contribution in [1.29, 1.82) is 0 Å². The van der Waals surface area contributed by atoms with E-state index in [9.17, 15) is 4.79 Å². The van der Waals surface area contributed by atoms with Gasteiger partial charge in [0.15, 0.2) is 0 Å². The highest BCUT2D eigenvalue weighted by molar-refractivity contribution is 5.93. The van der Waals surface area contributed by atoms with Gasteiger partial charge in [-0.2, -0.15) is 0 Å². The number of anilines is 1. The molecule has 1 N–H and O–H groups in total. The van der Waals surface area contributed by atoms with Crippen LogP contribution in [0.25, 0.3) is 0 Å². The number of nitrogens with one attached hydrogen (secondary N) is 1. The standard InChI is InChI=1S/C21H18N2O/c24-21(23-19-12-5-2-6-13-19)15-18-11-7-8-14-20(18)22-16-17-9-3-1-4-10-17/h1-14,16H,15H2,(H,23,24)/b22-16+. The van der Waals surface area contributed by atoms with Crippen LogP contribution >= 0.6 is 0 Å². The lowest BCUT2D eigenvalue weighted by Crippen LogP contribution is -2.14. The molecule has 0 aromatic heterocycles. The molecule has 3 heteroatoms. The second-order valence-corrected chi connectivity index (χ2v) is 5.39. The lowest BCUT2D eigenvalue weighted by Gasteiger charge is -2.07. The minimum absolute atomic E-state index is 0.0523. The minimum Gasteiger partial charge on any atom is -0.326 e. The third-order valence-corrected chi connectivity index (χ3v) is 3.55. The molecular weight excluding hydrogens is 296 g/mol. The summed E-state index contributed by atoms with van der Waals surface area (Å²) in [5, 5.41) is 2.90. The fourth-order valence-electron chi connectivity index (χ4n) is 2.37. The molecular formula is C21H18N2O. The Balaban J connectivity index is 1.72.